The average Bonchev–Trinajstić information content (AvgIpc) is 2.64. The van der Waals surface area contributed by atoms with Crippen LogP contribution in [-0.2, 0) is 11.3 Å². The summed E-state index contributed by atoms with van der Waals surface area (Å²) in [5, 5.41) is 14.5. The van der Waals surface area contributed by atoms with Gasteiger partial charge in [0, 0.05) is 26.2 Å². The summed E-state index contributed by atoms with van der Waals surface area (Å²) in [6, 6.07) is 9.15. The van der Waals surface area contributed by atoms with Crippen LogP contribution >= 0.6 is 0 Å². The van der Waals surface area contributed by atoms with Crippen molar-refractivity contribution < 1.29 is 14.3 Å². The highest BCUT2D eigenvalue weighted by atomic mass is 16.6. The fourth-order valence-corrected chi connectivity index (χ4v) is 2.87. The van der Waals surface area contributed by atoms with Crippen LogP contribution in [0.5, 0.6) is 0 Å². The molecule has 7 nitrogen and oxygen atoms in total. The summed E-state index contributed by atoms with van der Waals surface area (Å²) in [7, 11) is 0. The van der Waals surface area contributed by atoms with Gasteiger partial charge in [0.25, 0.3) is 0 Å². The van der Waals surface area contributed by atoms with Crippen LogP contribution in [0.25, 0.3) is 0 Å². The number of amides is 3. The van der Waals surface area contributed by atoms with Gasteiger partial charge in [-0.1, -0.05) is 12.1 Å². The van der Waals surface area contributed by atoms with Gasteiger partial charge in [-0.05, 0) is 57.2 Å². The van der Waals surface area contributed by atoms with E-state index < -0.39 is 11.7 Å². The zero-order valence-electron chi connectivity index (χ0n) is 16.2. The molecule has 0 aromatic heterocycles. The van der Waals surface area contributed by atoms with Gasteiger partial charge in [-0.15, -0.1) is 0 Å². The second kappa shape index (κ2) is 9.26. The Bertz CT molecular complexity index is 681. The van der Waals surface area contributed by atoms with Crippen LogP contribution in [0.2, 0.25) is 0 Å². The second-order valence-corrected chi connectivity index (χ2v) is 7.78. The van der Waals surface area contributed by atoms with Crippen molar-refractivity contribution in [2.45, 2.75) is 45.8 Å². The maximum absolute atomic E-state index is 12.3. The third kappa shape index (κ3) is 7.18. The van der Waals surface area contributed by atoms with Crippen molar-refractivity contribution in [2.24, 2.45) is 5.92 Å². The molecule has 0 saturated carbocycles. The fourth-order valence-electron chi connectivity index (χ4n) is 2.87. The summed E-state index contributed by atoms with van der Waals surface area (Å²) in [6.07, 6.45) is 1.30. The van der Waals surface area contributed by atoms with E-state index >= 15 is 0 Å². The van der Waals surface area contributed by atoms with Crippen LogP contribution in [0.3, 0.4) is 0 Å². The highest BCUT2D eigenvalue weighted by Crippen LogP contribution is 2.17. The number of carbonyl (C=O) groups excluding carboxylic acids is 2. The molecule has 2 rings (SSSR count). The first-order valence-corrected chi connectivity index (χ1v) is 9.25. The molecule has 0 aliphatic carbocycles. The molecule has 1 saturated heterocycles. The number of carbonyl (C=O) groups is 2. The topological polar surface area (TPSA) is 94.5 Å². The largest absolute Gasteiger partial charge is 0.444 e. The molecule has 1 aromatic rings. The number of alkyl carbamates (subject to hydrolysis) is 1. The van der Waals surface area contributed by atoms with Gasteiger partial charge in [0.15, 0.2) is 0 Å². The van der Waals surface area contributed by atoms with E-state index in [0.29, 0.717) is 37.7 Å². The van der Waals surface area contributed by atoms with Crippen molar-refractivity contribution in [3.63, 3.8) is 0 Å². The highest BCUT2D eigenvalue weighted by Gasteiger charge is 2.24. The van der Waals surface area contributed by atoms with Crippen LogP contribution in [-0.4, -0.2) is 42.3 Å². The molecule has 7 heteroatoms. The molecule has 0 radical (unpaired) electrons. The number of likely N-dealkylation sites (tertiary alicyclic amines) is 1. The number of hydrogen-bond acceptors (Lipinski definition) is 4. The molecule has 1 heterocycles. The molecule has 146 valence electrons. The second-order valence-electron chi connectivity index (χ2n) is 7.78. The van der Waals surface area contributed by atoms with E-state index in [9.17, 15) is 9.59 Å². The molecule has 1 aliphatic rings. The number of nitrogens with zero attached hydrogens (tertiary/aromatic N) is 2. The summed E-state index contributed by atoms with van der Waals surface area (Å²) in [5.41, 5.74) is 1.06. The van der Waals surface area contributed by atoms with Crippen LogP contribution in [0.1, 0.15) is 44.7 Å². The van der Waals surface area contributed by atoms with Gasteiger partial charge in [-0.25, -0.2) is 9.59 Å². The fraction of sp³-hybridized carbons (Fsp3) is 0.550. The first kappa shape index (κ1) is 20.6. The van der Waals surface area contributed by atoms with Crippen molar-refractivity contribution >= 4 is 12.1 Å². The smallest absolute Gasteiger partial charge is 0.407 e. The number of nitrogens with one attached hydrogen (secondary N) is 2. The van der Waals surface area contributed by atoms with Crippen molar-refractivity contribution in [3.8, 4) is 6.07 Å². The zero-order chi connectivity index (χ0) is 19.9. The minimum Gasteiger partial charge on any atom is -0.444 e. The minimum absolute atomic E-state index is 0.0853. The third-order valence-corrected chi connectivity index (χ3v) is 4.36. The summed E-state index contributed by atoms with van der Waals surface area (Å²) >= 11 is 0. The van der Waals surface area contributed by atoms with E-state index in [4.69, 9.17) is 10.00 Å². The zero-order valence-corrected chi connectivity index (χ0v) is 16.2. The summed E-state index contributed by atoms with van der Waals surface area (Å²) in [4.78, 5) is 25.8. The highest BCUT2D eigenvalue weighted by molar-refractivity contribution is 5.74. The Labute approximate surface area is 160 Å². The number of ether oxygens (including phenoxy) is 1. The number of benzene rings is 1. The van der Waals surface area contributed by atoms with E-state index in [1.165, 1.54) is 0 Å². The molecule has 0 spiro atoms. The molecular weight excluding hydrogens is 344 g/mol. The maximum atomic E-state index is 12.3. The Kier molecular flexibility index (Phi) is 7.05. The molecule has 1 fully saturated rings. The molecule has 0 bridgehead atoms. The molecule has 1 aliphatic heterocycles. The van der Waals surface area contributed by atoms with E-state index in [2.05, 4.69) is 16.7 Å². The normalized spacial score (nSPS) is 15.0. The van der Waals surface area contributed by atoms with E-state index in [1.54, 1.807) is 17.0 Å². The number of rotatable bonds is 4. The first-order chi connectivity index (χ1) is 12.8. The Balaban J connectivity index is 1.67. The van der Waals surface area contributed by atoms with Gasteiger partial charge in [-0.2, -0.15) is 5.26 Å². The lowest BCUT2D eigenvalue weighted by Crippen LogP contribution is -2.46. The minimum atomic E-state index is -0.500. The predicted octanol–water partition coefficient (Wildman–Crippen LogP) is 3.00. The lowest BCUT2D eigenvalue weighted by Gasteiger charge is -2.32. The molecular formula is C20H28N4O3. The summed E-state index contributed by atoms with van der Waals surface area (Å²) in [6.45, 7) is 7.84. The summed E-state index contributed by atoms with van der Waals surface area (Å²) in [5.74, 6) is 0.347. The Hall–Kier alpha value is -2.75. The van der Waals surface area contributed by atoms with Crippen molar-refractivity contribution in [1.29, 1.82) is 5.26 Å². The van der Waals surface area contributed by atoms with Gasteiger partial charge in [0.2, 0.25) is 0 Å². The molecule has 0 atom stereocenters. The molecule has 2 N–H and O–H groups in total. The number of urea groups is 1. The van der Waals surface area contributed by atoms with Gasteiger partial charge in [0.1, 0.15) is 5.60 Å². The summed E-state index contributed by atoms with van der Waals surface area (Å²) < 4.78 is 5.23. The SMILES string of the molecule is CC(C)(C)OC(=O)NCC1CCN(C(=O)NCc2ccc(C#N)cc2)CC1. The molecule has 1 aromatic carbocycles. The average molecular weight is 372 g/mol. The quantitative estimate of drug-likeness (QED) is 0.849. The first-order valence-electron chi connectivity index (χ1n) is 9.25. The van der Waals surface area contributed by atoms with Gasteiger partial charge in [-0.3, -0.25) is 0 Å². The molecule has 3 amide bonds. The Morgan fingerprint density at radius 2 is 1.81 bits per heavy atom. The van der Waals surface area contributed by atoms with Gasteiger partial charge >= 0.3 is 12.1 Å². The number of piperidine rings is 1. The predicted molar refractivity (Wildman–Crippen MR) is 102 cm³/mol. The molecule has 27 heavy (non-hydrogen) atoms. The van der Waals surface area contributed by atoms with Gasteiger partial charge < -0.3 is 20.3 Å². The lowest BCUT2D eigenvalue weighted by atomic mass is 9.97. The Morgan fingerprint density at radius 1 is 1.19 bits per heavy atom. The standard InChI is InChI=1S/C20H28N4O3/c1-20(2,3)27-19(26)23-14-17-8-10-24(11-9-17)18(25)22-13-16-6-4-15(12-21)5-7-16/h4-7,17H,8-11,13-14H2,1-3H3,(H,22,25)(H,23,26). The van der Waals surface area contributed by atoms with Crippen LogP contribution < -0.4 is 10.6 Å². The van der Waals surface area contributed by atoms with Crippen LogP contribution in [0.4, 0.5) is 9.59 Å². The van der Waals surface area contributed by atoms with E-state index in [1.807, 2.05) is 32.9 Å². The monoisotopic (exact) mass is 372 g/mol. The number of nitriles is 1. The number of hydrogen-bond donors (Lipinski definition) is 2. The van der Waals surface area contributed by atoms with Crippen molar-refractivity contribution in [3.05, 3.63) is 35.4 Å². The van der Waals surface area contributed by atoms with Crippen molar-refractivity contribution in [2.75, 3.05) is 19.6 Å². The van der Waals surface area contributed by atoms with E-state index in [0.717, 1.165) is 18.4 Å². The van der Waals surface area contributed by atoms with Crippen molar-refractivity contribution in [1.82, 2.24) is 15.5 Å². The lowest BCUT2D eigenvalue weighted by molar-refractivity contribution is 0.0511. The van der Waals surface area contributed by atoms with Gasteiger partial charge in [0.05, 0.1) is 11.6 Å². The maximum Gasteiger partial charge on any atom is 0.407 e. The molecule has 0 unspecified atom stereocenters. The van der Waals surface area contributed by atoms with E-state index in [-0.39, 0.29) is 6.03 Å². The third-order valence-electron chi connectivity index (χ3n) is 4.36. The van der Waals surface area contributed by atoms with Crippen LogP contribution in [0, 0.1) is 17.2 Å². The van der Waals surface area contributed by atoms with Crippen LogP contribution in [0.15, 0.2) is 24.3 Å². The Morgan fingerprint density at radius 3 is 2.37 bits per heavy atom.